The minimum Gasteiger partial charge on any atom is -0.464 e. The van der Waals surface area contributed by atoms with Gasteiger partial charge in [-0.25, -0.2) is 4.98 Å². The van der Waals surface area contributed by atoms with E-state index in [0.29, 0.717) is 0 Å². The van der Waals surface area contributed by atoms with Crippen LogP contribution >= 0.6 is 0 Å². The monoisotopic (exact) mass is 219 g/mol. The van der Waals surface area contributed by atoms with Crippen LogP contribution in [0.4, 0.5) is 0 Å². The Morgan fingerprint density at radius 2 is 2.31 bits per heavy atom. The van der Waals surface area contributed by atoms with Crippen molar-refractivity contribution < 1.29 is 4.42 Å². The summed E-state index contributed by atoms with van der Waals surface area (Å²) in [4.78, 5) is 4.34. The first-order chi connectivity index (χ1) is 7.76. The molecule has 0 saturated heterocycles. The molecule has 1 atom stereocenters. The van der Waals surface area contributed by atoms with Gasteiger partial charge in [0, 0.05) is 25.9 Å². The molecule has 0 spiro atoms. The molecule has 1 unspecified atom stereocenters. The summed E-state index contributed by atoms with van der Waals surface area (Å²) in [6, 6.07) is 4.04. The molecule has 16 heavy (non-hydrogen) atoms. The van der Waals surface area contributed by atoms with E-state index in [-0.39, 0.29) is 6.04 Å². The highest BCUT2D eigenvalue weighted by Gasteiger charge is 2.19. The Balaban J connectivity index is 2.32. The van der Waals surface area contributed by atoms with Crippen molar-refractivity contribution >= 4 is 0 Å². The van der Waals surface area contributed by atoms with Crippen molar-refractivity contribution in [1.82, 2.24) is 14.9 Å². The molecule has 2 aromatic rings. The summed E-state index contributed by atoms with van der Waals surface area (Å²) in [6.07, 6.45) is 4.64. The van der Waals surface area contributed by atoms with E-state index < -0.39 is 0 Å². The number of imidazole rings is 1. The standard InChI is InChI=1S/C12H17N3O/c1-4-9-5-6-10(16-9)11(13-2)12-14-7-8-15(12)3/h5-8,11,13H,4H2,1-3H3. The number of rotatable bonds is 4. The zero-order valence-corrected chi connectivity index (χ0v) is 9.90. The van der Waals surface area contributed by atoms with Crippen molar-refractivity contribution in [2.75, 3.05) is 7.05 Å². The fourth-order valence-corrected chi connectivity index (χ4v) is 1.79. The van der Waals surface area contributed by atoms with E-state index in [2.05, 4.69) is 17.2 Å². The maximum atomic E-state index is 5.75. The summed E-state index contributed by atoms with van der Waals surface area (Å²) in [5.41, 5.74) is 0. The lowest BCUT2D eigenvalue weighted by Gasteiger charge is -2.13. The number of hydrogen-bond acceptors (Lipinski definition) is 3. The summed E-state index contributed by atoms with van der Waals surface area (Å²) < 4.78 is 7.74. The molecule has 1 N–H and O–H groups in total. The van der Waals surface area contributed by atoms with E-state index >= 15 is 0 Å². The molecule has 0 saturated carbocycles. The van der Waals surface area contributed by atoms with E-state index in [9.17, 15) is 0 Å². The Kier molecular flexibility index (Phi) is 3.10. The normalized spacial score (nSPS) is 12.9. The summed E-state index contributed by atoms with van der Waals surface area (Å²) in [7, 11) is 3.89. The van der Waals surface area contributed by atoms with Crippen LogP contribution in [0.1, 0.15) is 30.3 Å². The number of hydrogen-bond donors (Lipinski definition) is 1. The third-order valence-electron chi connectivity index (χ3n) is 2.72. The molecule has 4 nitrogen and oxygen atoms in total. The predicted octanol–water partition coefficient (Wildman–Crippen LogP) is 1.88. The zero-order valence-electron chi connectivity index (χ0n) is 9.90. The van der Waals surface area contributed by atoms with Gasteiger partial charge in [-0.1, -0.05) is 6.92 Å². The van der Waals surface area contributed by atoms with Crippen molar-refractivity contribution in [2.24, 2.45) is 7.05 Å². The molecule has 86 valence electrons. The highest BCUT2D eigenvalue weighted by Crippen LogP contribution is 2.22. The Morgan fingerprint density at radius 1 is 1.50 bits per heavy atom. The van der Waals surface area contributed by atoms with Gasteiger partial charge in [0.05, 0.1) is 0 Å². The van der Waals surface area contributed by atoms with E-state index in [0.717, 1.165) is 23.8 Å². The maximum Gasteiger partial charge on any atom is 0.133 e. The molecule has 2 rings (SSSR count). The second-order valence-corrected chi connectivity index (χ2v) is 3.78. The number of furan rings is 1. The first kappa shape index (κ1) is 11.0. The highest BCUT2D eigenvalue weighted by molar-refractivity contribution is 5.18. The van der Waals surface area contributed by atoms with Gasteiger partial charge < -0.3 is 14.3 Å². The summed E-state index contributed by atoms with van der Waals surface area (Å²) in [5.74, 6) is 2.87. The number of aryl methyl sites for hydroxylation is 2. The molecular formula is C12H17N3O. The fraction of sp³-hybridized carbons (Fsp3) is 0.417. The first-order valence-corrected chi connectivity index (χ1v) is 5.49. The molecule has 0 aliphatic carbocycles. The molecular weight excluding hydrogens is 202 g/mol. The van der Waals surface area contributed by atoms with Crippen LogP contribution in [0, 0.1) is 0 Å². The van der Waals surface area contributed by atoms with Crippen molar-refractivity contribution in [2.45, 2.75) is 19.4 Å². The van der Waals surface area contributed by atoms with E-state index in [1.54, 1.807) is 6.20 Å². The van der Waals surface area contributed by atoms with Gasteiger partial charge in [0.15, 0.2) is 0 Å². The Hall–Kier alpha value is -1.55. The minimum absolute atomic E-state index is 0.0142. The van der Waals surface area contributed by atoms with E-state index in [1.807, 2.05) is 37.0 Å². The highest BCUT2D eigenvalue weighted by atomic mass is 16.3. The van der Waals surface area contributed by atoms with Crippen LogP contribution in [-0.4, -0.2) is 16.6 Å². The van der Waals surface area contributed by atoms with Gasteiger partial charge in [-0.15, -0.1) is 0 Å². The van der Waals surface area contributed by atoms with Gasteiger partial charge in [-0.3, -0.25) is 0 Å². The Morgan fingerprint density at radius 3 is 2.81 bits per heavy atom. The van der Waals surface area contributed by atoms with Crippen LogP contribution in [0.25, 0.3) is 0 Å². The zero-order chi connectivity index (χ0) is 11.5. The molecule has 2 heterocycles. The topological polar surface area (TPSA) is 43.0 Å². The van der Waals surface area contributed by atoms with Crippen LogP contribution in [-0.2, 0) is 13.5 Å². The van der Waals surface area contributed by atoms with Crippen LogP contribution in [0.3, 0.4) is 0 Å². The first-order valence-electron chi connectivity index (χ1n) is 5.49. The Labute approximate surface area is 95.3 Å². The largest absolute Gasteiger partial charge is 0.464 e. The molecule has 0 bridgehead atoms. The smallest absolute Gasteiger partial charge is 0.133 e. The van der Waals surface area contributed by atoms with Gasteiger partial charge in [0.2, 0.25) is 0 Å². The van der Waals surface area contributed by atoms with Gasteiger partial charge in [0.25, 0.3) is 0 Å². The minimum atomic E-state index is 0.0142. The predicted molar refractivity (Wildman–Crippen MR) is 62.2 cm³/mol. The number of aromatic nitrogens is 2. The molecule has 2 aromatic heterocycles. The third-order valence-corrected chi connectivity index (χ3v) is 2.72. The van der Waals surface area contributed by atoms with Crippen LogP contribution in [0.15, 0.2) is 28.9 Å². The summed E-state index contributed by atoms with van der Waals surface area (Å²) >= 11 is 0. The average Bonchev–Trinajstić information content (AvgIpc) is 2.90. The van der Waals surface area contributed by atoms with Gasteiger partial charge in [0.1, 0.15) is 23.4 Å². The Bertz CT molecular complexity index is 458. The average molecular weight is 219 g/mol. The number of nitrogens with one attached hydrogen (secondary N) is 1. The van der Waals surface area contributed by atoms with Crippen molar-refractivity contribution in [3.05, 3.63) is 41.9 Å². The van der Waals surface area contributed by atoms with Gasteiger partial charge in [-0.2, -0.15) is 0 Å². The molecule has 0 aromatic carbocycles. The number of nitrogens with zero attached hydrogens (tertiary/aromatic N) is 2. The molecule has 0 aliphatic rings. The van der Waals surface area contributed by atoms with E-state index in [1.165, 1.54) is 0 Å². The van der Waals surface area contributed by atoms with Crippen molar-refractivity contribution in [1.29, 1.82) is 0 Å². The second kappa shape index (κ2) is 4.53. The SMILES string of the molecule is CCc1ccc(C(NC)c2nccn2C)o1. The maximum absolute atomic E-state index is 5.75. The van der Waals surface area contributed by atoms with Gasteiger partial charge >= 0.3 is 0 Å². The molecule has 0 fully saturated rings. The lowest BCUT2D eigenvalue weighted by atomic mass is 10.2. The molecule has 0 aliphatic heterocycles. The molecule has 0 radical (unpaired) electrons. The molecule has 0 amide bonds. The summed E-state index contributed by atoms with van der Waals surface area (Å²) in [5, 5.41) is 3.22. The lowest BCUT2D eigenvalue weighted by molar-refractivity contribution is 0.422. The van der Waals surface area contributed by atoms with Crippen molar-refractivity contribution in [3.8, 4) is 0 Å². The lowest BCUT2D eigenvalue weighted by Crippen LogP contribution is -2.20. The molecule has 4 heteroatoms. The van der Waals surface area contributed by atoms with E-state index in [4.69, 9.17) is 4.42 Å². The summed E-state index contributed by atoms with van der Waals surface area (Å²) in [6.45, 7) is 2.08. The van der Waals surface area contributed by atoms with Gasteiger partial charge in [-0.05, 0) is 19.2 Å². The van der Waals surface area contributed by atoms with Crippen molar-refractivity contribution in [3.63, 3.8) is 0 Å². The quantitative estimate of drug-likeness (QED) is 0.853. The third kappa shape index (κ3) is 1.88. The van der Waals surface area contributed by atoms with Crippen LogP contribution in [0.2, 0.25) is 0 Å². The van der Waals surface area contributed by atoms with Crippen LogP contribution in [0.5, 0.6) is 0 Å². The fourth-order valence-electron chi connectivity index (χ4n) is 1.79. The second-order valence-electron chi connectivity index (χ2n) is 3.78. The van der Waals surface area contributed by atoms with Crippen LogP contribution < -0.4 is 5.32 Å².